The highest BCUT2D eigenvalue weighted by molar-refractivity contribution is 5.96. The molecule has 7 aromatic carbocycles. The van der Waals surface area contributed by atoms with E-state index in [0.29, 0.717) is 0 Å². The highest BCUT2D eigenvalue weighted by atomic mass is 16.5. The highest BCUT2D eigenvalue weighted by Crippen LogP contribution is 2.63. The zero-order chi connectivity index (χ0) is 30.5. The van der Waals surface area contributed by atoms with Crippen LogP contribution in [-0.2, 0) is 10.8 Å². The van der Waals surface area contributed by atoms with Crippen LogP contribution in [0.2, 0.25) is 0 Å². The van der Waals surface area contributed by atoms with Crippen LogP contribution >= 0.6 is 0 Å². The van der Waals surface area contributed by atoms with E-state index in [1.807, 2.05) is 0 Å². The van der Waals surface area contributed by atoms with Crippen molar-refractivity contribution in [2.75, 3.05) is 0 Å². The summed E-state index contributed by atoms with van der Waals surface area (Å²) in [5.74, 6) is 1.84. The van der Waals surface area contributed by atoms with Crippen molar-refractivity contribution in [3.8, 4) is 44.9 Å². The van der Waals surface area contributed by atoms with Gasteiger partial charge in [-0.15, -0.1) is 0 Å². The molecule has 2 aliphatic carbocycles. The molecule has 0 fully saturated rings. The van der Waals surface area contributed by atoms with Gasteiger partial charge in [-0.3, -0.25) is 0 Å². The van der Waals surface area contributed by atoms with Gasteiger partial charge >= 0.3 is 0 Å². The molecule has 0 aromatic heterocycles. The summed E-state index contributed by atoms with van der Waals surface area (Å²) in [6.45, 7) is 2.34. The number of fused-ring (bicyclic) bond motifs is 12. The molecule has 1 heteroatoms. The van der Waals surface area contributed by atoms with Crippen LogP contribution in [0.4, 0.5) is 0 Å². The molecule has 1 unspecified atom stereocenters. The quantitative estimate of drug-likeness (QED) is 0.196. The molecule has 0 saturated carbocycles. The van der Waals surface area contributed by atoms with Crippen LogP contribution in [0.25, 0.3) is 33.4 Å². The van der Waals surface area contributed by atoms with Gasteiger partial charge in [0.1, 0.15) is 11.5 Å². The molecule has 1 aliphatic heterocycles. The third-order valence-corrected chi connectivity index (χ3v) is 10.8. The van der Waals surface area contributed by atoms with E-state index < -0.39 is 0 Å². The van der Waals surface area contributed by atoms with Crippen molar-refractivity contribution in [3.63, 3.8) is 0 Å². The fraction of sp³-hybridized carbons (Fsp3) is 0.0667. The maximum absolute atomic E-state index is 6.54. The van der Waals surface area contributed by atoms with Crippen molar-refractivity contribution < 1.29 is 4.74 Å². The SMILES string of the molecule is CC1(c2ccccc2)c2ccccc2Oc2ccc(-c3ccc4c(c3)-c3ccccc3C43c4ccccc4-c4ccccc43)cc21. The molecule has 0 amide bonds. The van der Waals surface area contributed by atoms with Gasteiger partial charge in [0.2, 0.25) is 0 Å². The largest absolute Gasteiger partial charge is 0.457 e. The van der Waals surface area contributed by atoms with E-state index in [1.54, 1.807) is 0 Å². The predicted octanol–water partition coefficient (Wildman–Crippen LogP) is 11.2. The first-order chi connectivity index (χ1) is 22.7. The second-order valence-electron chi connectivity index (χ2n) is 12.9. The maximum atomic E-state index is 6.54. The second kappa shape index (κ2) is 9.19. The lowest BCUT2D eigenvalue weighted by Gasteiger charge is -2.38. The number of benzene rings is 7. The summed E-state index contributed by atoms with van der Waals surface area (Å²) in [7, 11) is 0. The molecule has 1 heterocycles. The Morgan fingerprint density at radius 3 is 1.52 bits per heavy atom. The minimum absolute atomic E-state index is 0.322. The first kappa shape index (κ1) is 25.6. The van der Waals surface area contributed by atoms with Crippen LogP contribution in [0.1, 0.15) is 45.9 Å². The standard InChI is InChI=1S/C45H30O/c1-44(31-13-3-2-4-14-31)40-21-11-12-22-42(40)46-43-26-24-30(28-41(43)44)29-23-25-39-35(27-29)34-17-7-10-20-38(34)45(39)36-18-8-5-15-32(36)33-16-6-9-19-37(33)45/h2-28H,1H3. The molecular formula is C45H30O. The summed E-state index contributed by atoms with van der Waals surface area (Å²) >= 11 is 0. The smallest absolute Gasteiger partial charge is 0.131 e. The molecule has 10 rings (SSSR count). The molecule has 46 heavy (non-hydrogen) atoms. The fourth-order valence-electron chi connectivity index (χ4n) is 8.78. The van der Waals surface area contributed by atoms with Crippen molar-refractivity contribution in [1.82, 2.24) is 0 Å². The van der Waals surface area contributed by atoms with Gasteiger partial charge in [0.05, 0.1) is 5.41 Å². The third-order valence-electron chi connectivity index (χ3n) is 10.8. The van der Waals surface area contributed by atoms with Crippen LogP contribution in [0, 0.1) is 0 Å². The molecule has 0 bridgehead atoms. The Balaban J connectivity index is 1.19. The number of hydrogen-bond donors (Lipinski definition) is 0. The van der Waals surface area contributed by atoms with Gasteiger partial charge in [-0.05, 0) is 92.4 Å². The number of rotatable bonds is 2. The Morgan fingerprint density at radius 1 is 0.370 bits per heavy atom. The van der Waals surface area contributed by atoms with Gasteiger partial charge in [0, 0.05) is 16.5 Å². The minimum atomic E-state index is -0.355. The van der Waals surface area contributed by atoms with Gasteiger partial charge in [-0.1, -0.05) is 140 Å². The van der Waals surface area contributed by atoms with Crippen LogP contribution < -0.4 is 4.74 Å². The van der Waals surface area contributed by atoms with E-state index in [1.165, 1.54) is 72.3 Å². The highest BCUT2D eigenvalue weighted by Gasteiger charge is 2.51. The lowest BCUT2D eigenvalue weighted by Crippen LogP contribution is -2.29. The molecule has 0 radical (unpaired) electrons. The summed E-state index contributed by atoms with van der Waals surface area (Å²) in [5.41, 5.74) is 16.1. The number of ether oxygens (including phenoxy) is 1. The van der Waals surface area contributed by atoms with Crippen molar-refractivity contribution >= 4 is 0 Å². The van der Waals surface area contributed by atoms with Gasteiger partial charge in [0.15, 0.2) is 0 Å². The summed E-state index contributed by atoms with van der Waals surface area (Å²) in [6.07, 6.45) is 0. The molecule has 7 aromatic rings. The van der Waals surface area contributed by atoms with E-state index in [4.69, 9.17) is 4.74 Å². The Kier molecular flexibility index (Phi) is 5.12. The van der Waals surface area contributed by atoms with Crippen molar-refractivity contribution in [2.24, 2.45) is 0 Å². The van der Waals surface area contributed by atoms with E-state index >= 15 is 0 Å². The molecule has 0 N–H and O–H groups in total. The Bertz CT molecular complexity index is 2320. The van der Waals surface area contributed by atoms with Crippen molar-refractivity contribution in [1.29, 1.82) is 0 Å². The lowest BCUT2D eigenvalue weighted by molar-refractivity contribution is 0.427. The van der Waals surface area contributed by atoms with E-state index in [-0.39, 0.29) is 10.8 Å². The fourth-order valence-corrected chi connectivity index (χ4v) is 8.78. The topological polar surface area (TPSA) is 9.23 Å². The zero-order valence-corrected chi connectivity index (χ0v) is 25.5. The van der Waals surface area contributed by atoms with Crippen LogP contribution in [-0.4, -0.2) is 0 Å². The first-order valence-corrected chi connectivity index (χ1v) is 16.1. The summed E-state index contributed by atoms with van der Waals surface area (Å²) in [6, 6.07) is 60.2. The van der Waals surface area contributed by atoms with Crippen LogP contribution in [0.15, 0.2) is 164 Å². The third kappa shape index (κ3) is 3.15. The van der Waals surface area contributed by atoms with E-state index in [2.05, 4.69) is 171 Å². The summed E-state index contributed by atoms with van der Waals surface area (Å²) < 4.78 is 6.54. The Labute approximate surface area is 269 Å². The number of para-hydroxylation sites is 1. The van der Waals surface area contributed by atoms with Crippen LogP contribution in [0.5, 0.6) is 11.5 Å². The van der Waals surface area contributed by atoms with Gasteiger partial charge in [-0.2, -0.15) is 0 Å². The maximum Gasteiger partial charge on any atom is 0.131 e. The normalized spacial score (nSPS) is 17.2. The lowest BCUT2D eigenvalue weighted by atomic mass is 9.69. The monoisotopic (exact) mass is 586 g/mol. The number of hydrogen-bond acceptors (Lipinski definition) is 1. The molecule has 0 saturated heterocycles. The second-order valence-corrected chi connectivity index (χ2v) is 12.9. The molecule has 3 aliphatic rings. The molecule has 216 valence electrons. The van der Waals surface area contributed by atoms with Crippen molar-refractivity contribution in [2.45, 2.75) is 17.8 Å². The van der Waals surface area contributed by atoms with E-state index in [0.717, 1.165) is 11.5 Å². The van der Waals surface area contributed by atoms with E-state index in [9.17, 15) is 0 Å². The molecule has 1 spiro atoms. The van der Waals surface area contributed by atoms with Gasteiger partial charge < -0.3 is 4.74 Å². The molecule has 1 nitrogen and oxygen atoms in total. The molecular weight excluding hydrogens is 556 g/mol. The Morgan fingerprint density at radius 2 is 0.848 bits per heavy atom. The minimum Gasteiger partial charge on any atom is -0.457 e. The molecule has 1 atom stereocenters. The van der Waals surface area contributed by atoms with Gasteiger partial charge in [-0.25, -0.2) is 0 Å². The summed E-state index contributed by atoms with van der Waals surface area (Å²) in [5, 5.41) is 0. The van der Waals surface area contributed by atoms with Crippen LogP contribution in [0.3, 0.4) is 0 Å². The first-order valence-electron chi connectivity index (χ1n) is 16.1. The van der Waals surface area contributed by atoms with Crippen molar-refractivity contribution in [3.05, 3.63) is 203 Å². The Hall–Kier alpha value is -5.66. The van der Waals surface area contributed by atoms with Gasteiger partial charge in [0.25, 0.3) is 0 Å². The average Bonchev–Trinajstić information content (AvgIpc) is 3.59. The zero-order valence-electron chi connectivity index (χ0n) is 25.5. The summed E-state index contributed by atoms with van der Waals surface area (Å²) in [4.78, 5) is 0. The average molecular weight is 587 g/mol. The predicted molar refractivity (Wildman–Crippen MR) is 187 cm³/mol.